The Morgan fingerprint density at radius 2 is 2.00 bits per heavy atom. The van der Waals surface area contributed by atoms with Gasteiger partial charge >= 0.3 is 0 Å². The van der Waals surface area contributed by atoms with Crippen molar-refractivity contribution >= 4 is 28.4 Å². The highest BCUT2D eigenvalue weighted by Crippen LogP contribution is 2.23. The van der Waals surface area contributed by atoms with Crippen LogP contribution in [-0.2, 0) is 0 Å². The van der Waals surface area contributed by atoms with Gasteiger partial charge in [-0.15, -0.1) is 0 Å². The molecule has 0 aliphatic heterocycles. The zero-order valence-electron chi connectivity index (χ0n) is 11.3. The highest BCUT2D eigenvalue weighted by atomic mass is 35.5. The number of fused-ring (bicyclic) bond motifs is 1. The second kappa shape index (κ2) is 5.08. The molecule has 4 heteroatoms. The molecule has 0 radical (unpaired) electrons. The first-order valence-electron chi connectivity index (χ1n) is 6.43. The summed E-state index contributed by atoms with van der Waals surface area (Å²) in [6.45, 7) is 1.88. The van der Waals surface area contributed by atoms with Gasteiger partial charge in [0.15, 0.2) is 0 Å². The Morgan fingerprint density at radius 1 is 1.24 bits per heavy atom. The van der Waals surface area contributed by atoms with Crippen LogP contribution in [0.2, 0.25) is 5.02 Å². The molecule has 0 spiro atoms. The maximum absolute atomic E-state index is 12.6. The number of rotatable bonds is 1. The molecular formula is C17H11ClN2O. The lowest BCUT2D eigenvalue weighted by molar-refractivity contribution is 0.0965. The van der Waals surface area contributed by atoms with Gasteiger partial charge in [-0.05, 0) is 30.7 Å². The topological polar surface area (TPSA) is 45.8 Å². The third-order valence-electron chi connectivity index (χ3n) is 3.47. The fourth-order valence-electron chi connectivity index (χ4n) is 2.30. The number of carbonyl (C=O) groups is 1. The minimum atomic E-state index is -0.199. The van der Waals surface area contributed by atoms with Gasteiger partial charge in [0.25, 0.3) is 5.91 Å². The summed E-state index contributed by atoms with van der Waals surface area (Å²) in [5, 5.41) is 10.5. The number of para-hydroxylation sites is 1. The molecule has 3 nitrogen and oxygen atoms in total. The van der Waals surface area contributed by atoms with Crippen molar-refractivity contribution in [3.63, 3.8) is 0 Å². The van der Waals surface area contributed by atoms with Crippen LogP contribution in [0.1, 0.15) is 21.5 Å². The summed E-state index contributed by atoms with van der Waals surface area (Å²) in [5.41, 5.74) is 2.62. The van der Waals surface area contributed by atoms with E-state index < -0.39 is 0 Å². The third-order valence-corrected chi connectivity index (χ3v) is 3.88. The van der Waals surface area contributed by atoms with Crippen LogP contribution in [0, 0.1) is 18.3 Å². The van der Waals surface area contributed by atoms with Crippen molar-refractivity contribution in [2.24, 2.45) is 0 Å². The highest BCUT2D eigenvalue weighted by Gasteiger charge is 2.15. The van der Waals surface area contributed by atoms with Crippen LogP contribution in [0.4, 0.5) is 0 Å². The molecule has 1 aromatic heterocycles. The van der Waals surface area contributed by atoms with Crippen molar-refractivity contribution in [3.05, 3.63) is 70.4 Å². The Bertz CT molecular complexity index is 903. The molecule has 0 saturated heterocycles. The van der Waals surface area contributed by atoms with Crippen molar-refractivity contribution < 1.29 is 4.79 Å². The second-order valence-electron chi connectivity index (χ2n) is 4.81. The SMILES string of the molecule is Cc1ccc(C(=O)n2cc(C#N)c3ccccc32)cc1Cl. The van der Waals surface area contributed by atoms with E-state index in [1.54, 1.807) is 18.3 Å². The molecule has 0 aliphatic carbocycles. The molecule has 0 bridgehead atoms. The maximum atomic E-state index is 12.6. The van der Waals surface area contributed by atoms with Crippen molar-refractivity contribution in [1.29, 1.82) is 5.26 Å². The molecule has 0 N–H and O–H groups in total. The first-order valence-corrected chi connectivity index (χ1v) is 6.80. The zero-order valence-corrected chi connectivity index (χ0v) is 12.1. The monoisotopic (exact) mass is 294 g/mol. The van der Waals surface area contributed by atoms with Crippen molar-refractivity contribution in [2.75, 3.05) is 0 Å². The lowest BCUT2D eigenvalue weighted by Gasteiger charge is -2.05. The molecule has 21 heavy (non-hydrogen) atoms. The standard InChI is InChI=1S/C17H11ClN2O/c1-11-6-7-12(8-15(11)18)17(21)20-10-13(9-19)14-4-2-3-5-16(14)20/h2-8,10H,1H3. The molecular weight excluding hydrogens is 284 g/mol. The van der Waals surface area contributed by atoms with E-state index in [0.717, 1.165) is 16.5 Å². The van der Waals surface area contributed by atoms with E-state index in [0.29, 0.717) is 16.1 Å². The van der Waals surface area contributed by atoms with Gasteiger partial charge in [0.1, 0.15) is 6.07 Å². The summed E-state index contributed by atoms with van der Waals surface area (Å²) in [6, 6.07) is 14.7. The van der Waals surface area contributed by atoms with Crippen LogP contribution < -0.4 is 0 Å². The summed E-state index contributed by atoms with van der Waals surface area (Å²) in [4.78, 5) is 12.6. The molecule has 3 aromatic rings. The van der Waals surface area contributed by atoms with Gasteiger partial charge < -0.3 is 0 Å². The number of aryl methyl sites for hydroxylation is 1. The van der Waals surface area contributed by atoms with E-state index in [1.165, 1.54) is 4.57 Å². The van der Waals surface area contributed by atoms with Gasteiger partial charge in [-0.1, -0.05) is 35.9 Å². The predicted molar refractivity (Wildman–Crippen MR) is 82.6 cm³/mol. The molecule has 0 fully saturated rings. The van der Waals surface area contributed by atoms with Crippen LogP contribution in [0.25, 0.3) is 10.9 Å². The van der Waals surface area contributed by atoms with E-state index >= 15 is 0 Å². The van der Waals surface area contributed by atoms with Crippen LogP contribution in [0.15, 0.2) is 48.7 Å². The van der Waals surface area contributed by atoms with Crippen molar-refractivity contribution in [2.45, 2.75) is 6.92 Å². The highest BCUT2D eigenvalue weighted by molar-refractivity contribution is 6.31. The number of nitrogens with zero attached hydrogens (tertiary/aromatic N) is 2. The van der Waals surface area contributed by atoms with Gasteiger partial charge in [-0.2, -0.15) is 5.26 Å². The molecule has 0 atom stereocenters. The summed E-state index contributed by atoms with van der Waals surface area (Å²) >= 11 is 6.08. The van der Waals surface area contributed by atoms with Crippen molar-refractivity contribution in [1.82, 2.24) is 4.57 Å². The first kappa shape index (κ1) is 13.4. The van der Waals surface area contributed by atoms with E-state index in [4.69, 9.17) is 11.6 Å². The van der Waals surface area contributed by atoms with Gasteiger partial charge in [-0.25, -0.2) is 0 Å². The Morgan fingerprint density at radius 3 is 2.71 bits per heavy atom. The zero-order chi connectivity index (χ0) is 15.0. The Hall–Kier alpha value is -2.57. The number of halogens is 1. The fraction of sp³-hybridized carbons (Fsp3) is 0.0588. The van der Waals surface area contributed by atoms with Crippen LogP contribution in [-0.4, -0.2) is 10.5 Å². The first-order chi connectivity index (χ1) is 10.1. The number of hydrogen-bond donors (Lipinski definition) is 0. The lowest BCUT2D eigenvalue weighted by atomic mass is 10.1. The molecule has 0 amide bonds. The van der Waals surface area contributed by atoms with Gasteiger partial charge in [-0.3, -0.25) is 9.36 Å². The van der Waals surface area contributed by atoms with E-state index in [2.05, 4.69) is 6.07 Å². The Labute approximate surface area is 127 Å². The van der Waals surface area contributed by atoms with Gasteiger partial charge in [0.2, 0.25) is 0 Å². The molecule has 102 valence electrons. The summed E-state index contributed by atoms with van der Waals surface area (Å²) < 4.78 is 1.49. The largest absolute Gasteiger partial charge is 0.282 e. The normalized spacial score (nSPS) is 10.5. The summed E-state index contributed by atoms with van der Waals surface area (Å²) in [5.74, 6) is -0.199. The lowest BCUT2D eigenvalue weighted by Crippen LogP contribution is -2.10. The number of aromatic nitrogens is 1. The minimum Gasteiger partial charge on any atom is -0.282 e. The van der Waals surface area contributed by atoms with Gasteiger partial charge in [0.05, 0.1) is 11.1 Å². The van der Waals surface area contributed by atoms with E-state index in [1.807, 2.05) is 37.3 Å². The number of benzene rings is 2. The smallest absolute Gasteiger partial charge is 0.262 e. The fourth-order valence-corrected chi connectivity index (χ4v) is 2.48. The van der Waals surface area contributed by atoms with E-state index in [9.17, 15) is 10.1 Å². The minimum absolute atomic E-state index is 0.199. The quantitative estimate of drug-likeness (QED) is 0.676. The van der Waals surface area contributed by atoms with Crippen LogP contribution in [0.5, 0.6) is 0 Å². The number of carbonyl (C=O) groups excluding carboxylic acids is 1. The average molecular weight is 295 g/mol. The molecule has 2 aromatic carbocycles. The summed E-state index contributed by atoms with van der Waals surface area (Å²) in [7, 11) is 0. The number of nitriles is 1. The molecule has 1 heterocycles. The van der Waals surface area contributed by atoms with Crippen molar-refractivity contribution in [3.8, 4) is 6.07 Å². The van der Waals surface area contributed by atoms with Gasteiger partial charge in [0, 0.05) is 22.2 Å². The Kier molecular flexibility index (Phi) is 3.25. The average Bonchev–Trinajstić information content (AvgIpc) is 2.88. The molecule has 0 saturated carbocycles. The Balaban J connectivity index is 2.18. The second-order valence-corrected chi connectivity index (χ2v) is 5.22. The van der Waals surface area contributed by atoms with E-state index in [-0.39, 0.29) is 5.91 Å². The predicted octanol–water partition coefficient (Wildman–Crippen LogP) is 4.16. The molecule has 3 rings (SSSR count). The maximum Gasteiger partial charge on any atom is 0.262 e. The van der Waals surface area contributed by atoms with Crippen LogP contribution >= 0.6 is 11.6 Å². The number of hydrogen-bond acceptors (Lipinski definition) is 2. The third kappa shape index (κ3) is 2.20. The molecule has 0 aliphatic rings. The van der Waals surface area contributed by atoms with Crippen LogP contribution in [0.3, 0.4) is 0 Å². The molecule has 0 unspecified atom stereocenters. The summed E-state index contributed by atoms with van der Waals surface area (Å²) in [6.07, 6.45) is 1.57.